The Balaban J connectivity index is 2.12. The standard InChI is InChI=1S/C10H11NO2S/c12-8-5-11(6-8)10(13)7-2-1-3-9(14)4-7/h1-4,8,12,14H,5-6H2. The van der Waals surface area contributed by atoms with Crippen LogP contribution in [-0.4, -0.2) is 35.1 Å². The Morgan fingerprint density at radius 1 is 1.50 bits per heavy atom. The molecule has 3 nitrogen and oxygen atoms in total. The van der Waals surface area contributed by atoms with Crippen molar-refractivity contribution in [1.29, 1.82) is 0 Å². The highest BCUT2D eigenvalue weighted by atomic mass is 32.1. The van der Waals surface area contributed by atoms with E-state index in [0.29, 0.717) is 18.7 Å². The summed E-state index contributed by atoms with van der Waals surface area (Å²) in [6.45, 7) is 0.880. The van der Waals surface area contributed by atoms with Crippen LogP contribution in [0.4, 0.5) is 0 Å². The molecule has 0 radical (unpaired) electrons. The van der Waals surface area contributed by atoms with Gasteiger partial charge in [0, 0.05) is 23.5 Å². The first-order chi connectivity index (χ1) is 6.66. The van der Waals surface area contributed by atoms with Gasteiger partial charge in [-0.25, -0.2) is 0 Å². The van der Waals surface area contributed by atoms with E-state index >= 15 is 0 Å². The number of aliphatic hydroxyl groups is 1. The third-order valence-electron chi connectivity index (χ3n) is 2.24. The number of likely N-dealkylation sites (tertiary alicyclic amines) is 1. The Hall–Kier alpha value is -1.00. The van der Waals surface area contributed by atoms with Crippen LogP contribution < -0.4 is 0 Å². The topological polar surface area (TPSA) is 40.5 Å². The molecule has 74 valence electrons. The van der Waals surface area contributed by atoms with E-state index in [1.165, 1.54) is 0 Å². The molecule has 0 atom stereocenters. The number of amides is 1. The summed E-state index contributed by atoms with van der Waals surface area (Å²) in [4.78, 5) is 14.1. The van der Waals surface area contributed by atoms with E-state index in [0.717, 1.165) is 4.90 Å². The zero-order valence-corrected chi connectivity index (χ0v) is 8.45. The molecule has 1 N–H and O–H groups in total. The molecule has 1 aliphatic heterocycles. The second-order valence-corrected chi connectivity index (χ2v) is 3.93. The fraction of sp³-hybridized carbons (Fsp3) is 0.300. The van der Waals surface area contributed by atoms with Crippen LogP contribution in [0.3, 0.4) is 0 Å². The van der Waals surface area contributed by atoms with E-state index in [1.807, 2.05) is 6.07 Å². The molecule has 1 heterocycles. The minimum atomic E-state index is -0.349. The lowest BCUT2D eigenvalue weighted by Crippen LogP contribution is -2.53. The highest BCUT2D eigenvalue weighted by Crippen LogP contribution is 2.15. The predicted molar refractivity (Wildman–Crippen MR) is 55.6 cm³/mol. The van der Waals surface area contributed by atoms with Gasteiger partial charge in [0.2, 0.25) is 0 Å². The minimum Gasteiger partial charge on any atom is -0.389 e. The van der Waals surface area contributed by atoms with E-state index < -0.39 is 0 Å². The molecule has 1 fully saturated rings. The lowest BCUT2D eigenvalue weighted by atomic mass is 10.1. The van der Waals surface area contributed by atoms with Crippen molar-refractivity contribution in [2.75, 3.05) is 13.1 Å². The van der Waals surface area contributed by atoms with Crippen molar-refractivity contribution in [1.82, 2.24) is 4.90 Å². The molecule has 1 aromatic carbocycles. The van der Waals surface area contributed by atoms with Crippen molar-refractivity contribution in [2.45, 2.75) is 11.0 Å². The maximum Gasteiger partial charge on any atom is 0.254 e. The van der Waals surface area contributed by atoms with Gasteiger partial charge in [0.1, 0.15) is 0 Å². The molecule has 0 aromatic heterocycles. The SMILES string of the molecule is O=C(c1cccc(S)c1)N1CC(O)C1. The molecule has 1 aromatic rings. The van der Waals surface area contributed by atoms with Crippen LogP contribution in [0.1, 0.15) is 10.4 Å². The highest BCUT2D eigenvalue weighted by molar-refractivity contribution is 7.80. The Kier molecular flexibility index (Phi) is 2.48. The number of thiol groups is 1. The summed E-state index contributed by atoms with van der Waals surface area (Å²) in [5.41, 5.74) is 0.629. The minimum absolute atomic E-state index is 0.0359. The number of hydrogen-bond donors (Lipinski definition) is 2. The number of β-amino-alcohol motifs (C(OH)–C–C–N with tert-alkyl or cyclic N) is 1. The monoisotopic (exact) mass is 209 g/mol. The maximum atomic E-state index is 11.7. The summed E-state index contributed by atoms with van der Waals surface area (Å²) in [7, 11) is 0. The van der Waals surface area contributed by atoms with Crippen LogP contribution in [0.25, 0.3) is 0 Å². The van der Waals surface area contributed by atoms with E-state index in [4.69, 9.17) is 5.11 Å². The van der Waals surface area contributed by atoms with Crippen molar-refractivity contribution in [2.24, 2.45) is 0 Å². The van der Waals surface area contributed by atoms with E-state index in [2.05, 4.69) is 12.6 Å². The number of hydrogen-bond acceptors (Lipinski definition) is 3. The van der Waals surface area contributed by atoms with Crippen molar-refractivity contribution in [3.63, 3.8) is 0 Å². The van der Waals surface area contributed by atoms with Gasteiger partial charge in [-0.05, 0) is 18.2 Å². The van der Waals surface area contributed by atoms with Crippen LogP contribution in [0, 0.1) is 0 Å². The highest BCUT2D eigenvalue weighted by Gasteiger charge is 2.29. The smallest absolute Gasteiger partial charge is 0.254 e. The summed E-state index contributed by atoms with van der Waals surface area (Å²) < 4.78 is 0. The maximum absolute atomic E-state index is 11.7. The summed E-state index contributed by atoms with van der Waals surface area (Å²) >= 11 is 4.16. The van der Waals surface area contributed by atoms with Crippen LogP contribution in [0.2, 0.25) is 0 Å². The van der Waals surface area contributed by atoms with Gasteiger partial charge in [-0.2, -0.15) is 0 Å². The number of nitrogens with zero attached hydrogens (tertiary/aromatic N) is 1. The van der Waals surface area contributed by atoms with Crippen molar-refractivity contribution in [3.8, 4) is 0 Å². The average Bonchev–Trinajstić information content (AvgIpc) is 2.12. The molecular weight excluding hydrogens is 198 g/mol. The van der Waals surface area contributed by atoms with Gasteiger partial charge in [0.05, 0.1) is 6.10 Å². The lowest BCUT2D eigenvalue weighted by Gasteiger charge is -2.35. The first kappa shape index (κ1) is 9.55. The number of carbonyl (C=O) groups is 1. The summed E-state index contributed by atoms with van der Waals surface area (Å²) in [5, 5.41) is 9.06. The first-order valence-electron chi connectivity index (χ1n) is 4.43. The molecule has 0 spiro atoms. The van der Waals surface area contributed by atoms with Gasteiger partial charge in [0.25, 0.3) is 5.91 Å². The Bertz CT molecular complexity index is 361. The molecule has 1 aliphatic rings. The molecule has 2 rings (SSSR count). The molecular formula is C10H11NO2S. The quantitative estimate of drug-likeness (QED) is 0.671. The zero-order valence-electron chi connectivity index (χ0n) is 7.55. The number of benzene rings is 1. The Morgan fingerprint density at radius 2 is 2.21 bits per heavy atom. The number of carbonyl (C=O) groups excluding carboxylic acids is 1. The number of rotatable bonds is 1. The van der Waals surface area contributed by atoms with Gasteiger partial charge >= 0.3 is 0 Å². The molecule has 1 amide bonds. The molecule has 4 heteroatoms. The fourth-order valence-corrected chi connectivity index (χ4v) is 1.67. The van der Waals surface area contributed by atoms with Gasteiger partial charge in [-0.15, -0.1) is 12.6 Å². The number of aliphatic hydroxyl groups excluding tert-OH is 1. The summed E-state index contributed by atoms with van der Waals surface area (Å²) in [6, 6.07) is 7.11. The van der Waals surface area contributed by atoms with Crippen molar-refractivity contribution >= 4 is 18.5 Å². The Morgan fingerprint density at radius 3 is 2.79 bits per heavy atom. The molecule has 1 saturated heterocycles. The van der Waals surface area contributed by atoms with Gasteiger partial charge < -0.3 is 10.0 Å². The van der Waals surface area contributed by atoms with Crippen LogP contribution in [-0.2, 0) is 0 Å². The normalized spacial score (nSPS) is 16.6. The molecule has 0 aliphatic carbocycles. The second kappa shape index (κ2) is 3.63. The lowest BCUT2D eigenvalue weighted by molar-refractivity contribution is 0.00588. The van der Waals surface area contributed by atoms with Crippen LogP contribution in [0.15, 0.2) is 29.2 Å². The van der Waals surface area contributed by atoms with Gasteiger partial charge in [-0.3, -0.25) is 4.79 Å². The van der Waals surface area contributed by atoms with Gasteiger partial charge in [-0.1, -0.05) is 6.07 Å². The molecule has 0 bridgehead atoms. The first-order valence-corrected chi connectivity index (χ1v) is 4.88. The molecule has 0 unspecified atom stereocenters. The van der Waals surface area contributed by atoms with Crippen molar-refractivity contribution < 1.29 is 9.90 Å². The second-order valence-electron chi connectivity index (χ2n) is 3.41. The third-order valence-corrected chi connectivity index (χ3v) is 2.52. The summed E-state index contributed by atoms with van der Waals surface area (Å²) in [6.07, 6.45) is -0.349. The molecule has 0 saturated carbocycles. The summed E-state index contributed by atoms with van der Waals surface area (Å²) in [5.74, 6) is -0.0359. The predicted octanol–water partition coefficient (Wildman–Crippen LogP) is 0.792. The molecule has 14 heavy (non-hydrogen) atoms. The third kappa shape index (κ3) is 1.76. The van der Waals surface area contributed by atoms with E-state index in [-0.39, 0.29) is 12.0 Å². The van der Waals surface area contributed by atoms with Crippen LogP contribution >= 0.6 is 12.6 Å². The van der Waals surface area contributed by atoms with Crippen LogP contribution in [0.5, 0.6) is 0 Å². The van der Waals surface area contributed by atoms with Gasteiger partial charge in [0.15, 0.2) is 0 Å². The zero-order chi connectivity index (χ0) is 10.1. The van der Waals surface area contributed by atoms with E-state index in [9.17, 15) is 4.79 Å². The fourth-order valence-electron chi connectivity index (χ4n) is 1.44. The Labute approximate surface area is 87.8 Å². The average molecular weight is 209 g/mol. The largest absolute Gasteiger partial charge is 0.389 e. The van der Waals surface area contributed by atoms with Crippen molar-refractivity contribution in [3.05, 3.63) is 29.8 Å². The van der Waals surface area contributed by atoms with E-state index in [1.54, 1.807) is 23.1 Å².